The van der Waals surface area contributed by atoms with Crippen LogP contribution in [0.4, 0.5) is 0 Å². The average molecular weight is 232 g/mol. The topological polar surface area (TPSA) is 72.5 Å². The first kappa shape index (κ1) is 13.9. The monoisotopic (exact) mass is 231 g/mol. The van der Waals surface area contributed by atoms with Crippen LogP contribution in [0.3, 0.4) is 0 Å². The second-order valence-electron chi connectivity index (χ2n) is 2.96. The Morgan fingerprint density at radius 3 is 2.80 bits per heavy atom. The standard InChI is InChI=1S/C10H13NO3.ClH/c1-7(13)14-9-4-2-3-8(5-9)10(11)6-12;/h2-5,10,12H,6,11H2,1H3;1H/t10-;/m1./s1. The SMILES string of the molecule is CC(=O)Oc1cccc([C@H](N)CO)c1.Cl. The van der Waals surface area contributed by atoms with E-state index in [0.717, 1.165) is 5.56 Å². The van der Waals surface area contributed by atoms with E-state index in [9.17, 15) is 4.79 Å². The van der Waals surface area contributed by atoms with E-state index in [0.29, 0.717) is 5.75 Å². The highest BCUT2D eigenvalue weighted by atomic mass is 35.5. The second kappa shape index (κ2) is 6.40. The predicted molar refractivity (Wildman–Crippen MR) is 59.0 cm³/mol. The summed E-state index contributed by atoms with van der Waals surface area (Å²) in [6, 6.07) is 6.36. The lowest BCUT2D eigenvalue weighted by atomic mass is 10.1. The summed E-state index contributed by atoms with van der Waals surface area (Å²) in [4.78, 5) is 10.7. The summed E-state index contributed by atoms with van der Waals surface area (Å²) in [6.45, 7) is 1.20. The summed E-state index contributed by atoms with van der Waals surface area (Å²) in [5.41, 5.74) is 6.35. The normalized spacial score (nSPS) is 11.4. The zero-order valence-corrected chi connectivity index (χ0v) is 9.16. The Morgan fingerprint density at radius 1 is 1.60 bits per heavy atom. The summed E-state index contributed by atoms with van der Waals surface area (Å²) in [6.07, 6.45) is 0. The number of hydrogen-bond acceptors (Lipinski definition) is 4. The molecule has 0 aliphatic heterocycles. The lowest BCUT2D eigenvalue weighted by Crippen LogP contribution is -2.14. The van der Waals surface area contributed by atoms with E-state index in [1.54, 1.807) is 24.3 Å². The molecule has 3 N–H and O–H groups in total. The smallest absolute Gasteiger partial charge is 0.308 e. The molecule has 84 valence electrons. The molecular weight excluding hydrogens is 218 g/mol. The Hall–Kier alpha value is -1.10. The zero-order chi connectivity index (χ0) is 10.6. The second-order valence-corrected chi connectivity index (χ2v) is 2.96. The third-order valence-corrected chi connectivity index (χ3v) is 1.74. The molecule has 0 aromatic heterocycles. The zero-order valence-electron chi connectivity index (χ0n) is 8.34. The van der Waals surface area contributed by atoms with Crippen LogP contribution in [0.2, 0.25) is 0 Å². The molecule has 0 spiro atoms. The van der Waals surface area contributed by atoms with Crippen LogP contribution in [0, 0.1) is 0 Å². The molecule has 0 amide bonds. The van der Waals surface area contributed by atoms with Crippen LogP contribution in [0.1, 0.15) is 18.5 Å². The third-order valence-electron chi connectivity index (χ3n) is 1.74. The number of aliphatic hydroxyl groups is 1. The number of esters is 1. The van der Waals surface area contributed by atoms with Crippen LogP contribution < -0.4 is 10.5 Å². The van der Waals surface area contributed by atoms with Crippen molar-refractivity contribution in [2.75, 3.05) is 6.61 Å². The molecule has 0 saturated heterocycles. The molecule has 0 aliphatic rings. The van der Waals surface area contributed by atoms with Crippen molar-refractivity contribution in [1.82, 2.24) is 0 Å². The van der Waals surface area contributed by atoms with Gasteiger partial charge in [-0.25, -0.2) is 0 Å². The number of carbonyl (C=O) groups is 1. The summed E-state index contributed by atoms with van der Waals surface area (Å²) < 4.78 is 4.87. The van der Waals surface area contributed by atoms with Crippen LogP contribution in [0.25, 0.3) is 0 Å². The summed E-state index contributed by atoms with van der Waals surface area (Å²) in [5, 5.41) is 8.83. The van der Waals surface area contributed by atoms with Gasteiger partial charge in [-0.3, -0.25) is 4.79 Å². The Morgan fingerprint density at radius 2 is 2.27 bits per heavy atom. The van der Waals surface area contributed by atoms with E-state index in [-0.39, 0.29) is 25.0 Å². The molecule has 1 aromatic carbocycles. The molecule has 0 radical (unpaired) electrons. The van der Waals surface area contributed by atoms with Gasteiger partial charge >= 0.3 is 5.97 Å². The van der Waals surface area contributed by atoms with Crippen LogP contribution in [0.5, 0.6) is 5.75 Å². The minimum Gasteiger partial charge on any atom is -0.427 e. The number of aliphatic hydroxyl groups excluding tert-OH is 1. The van der Waals surface area contributed by atoms with E-state index in [1.807, 2.05) is 0 Å². The molecular formula is C10H14ClNO3. The van der Waals surface area contributed by atoms with Gasteiger partial charge in [-0.2, -0.15) is 0 Å². The quantitative estimate of drug-likeness (QED) is 0.602. The van der Waals surface area contributed by atoms with Crippen molar-refractivity contribution in [3.05, 3.63) is 29.8 Å². The minimum absolute atomic E-state index is 0. The van der Waals surface area contributed by atoms with Gasteiger partial charge < -0.3 is 15.6 Å². The number of rotatable bonds is 3. The van der Waals surface area contributed by atoms with Gasteiger partial charge in [0.25, 0.3) is 0 Å². The van der Waals surface area contributed by atoms with Gasteiger partial charge in [0.1, 0.15) is 5.75 Å². The number of benzene rings is 1. The fourth-order valence-electron chi connectivity index (χ4n) is 1.08. The number of hydrogen-bond donors (Lipinski definition) is 2. The summed E-state index contributed by atoms with van der Waals surface area (Å²) >= 11 is 0. The highest BCUT2D eigenvalue weighted by molar-refractivity contribution is 5.85. The summed E-state index contributed by atoms with van der Waals surface area (Å²) in [7, 11) is 0. The molecule has 1 rings (SSSR count). The maximum Gasteiger partial charge on any atom is 0.308 e. The fraction of sp³-hybridized carbons (Fsp3) is 0.300. The molecule has 1 atom stereocenters. The van der Waals surface area contributed by atoms with Crippen molar-refractivity contribution in [2.24, 2.45) is 5.73 Å². The van der Waals surface area contributed by atoms with Gasteiger partial charge in [0.2, 0.25) is 0 Å². The molecule has 15 heavy (non-hydrogen) atoms. The lowest BCUT2D eigenvalue weighted by Gasteiger charge is -2.09. The Kier molecular flexibility index (Phi) is 5.93. The van der Waals surface area contributed by atoms with Crippen molar-refractivity contribution >= 4 is 18.4 Å². The number of nitrogens with two attached hydrogens (primary N) is 1. The molecule has 0 aliphatic carbocycles. The number of carbonyl (C=O) groups excluding carboxylic acids is 1. The largest absolute Gasteiger partial charge is 0.427 e. The van der Waals surface area contributed by atoms with Gasteiger partial charge in [0.05, 0.1) is 12.6 Å². The van der Waals surface area contributed by atoms with Crippen LogP contribution in [-0.2, 0) is 4.79 Å². The molecule has 5 heteroatoms. The summed E-state index contributed by atoms with van der Waals surface area (Å²) in [5.74, 6) is 0.0682. The van der Waals surface area contributed by atoms with E-state index in [4.69, 9.17) is 15.6 Å². The van der Waals surface area contributed by atoms with Crippen molar-refractivity contribution < 1.29 is 14.6 Å². The Balaban J connectivity index is 0.00000196. The highest BCUT2D eigenvalue weighted by Gasteiger charge is 2.05. The molecule has 4 nitrogen and oxygen atoms in total. The lowest BCUT2D eigenvalue weighted by molar-refractivity contribution is -0.131. The van der Waals surface area contributed by atoms with E-state index in [2.05, 4.69) is 0 Å². The van der Waals surface area contributed by atoms with Crippen molar-refractivity contribution in [3.63, 3.8) is 0 Å². The Bertz CT molecular complexity index is 330. The van der Waals surface area contributed by atoms with Crippen LogP contribution >= 0.6 is 12.4 Å². The Labute approximate surface area is 94.5 Å². The van der Waals surface area contributed by atoms with Gasteiger partial charge in [0, 0.05) is 6.92 Å². The average Bonchev–Trinajstić information content (AvgIpc) is 2.16. The van der Waals surface area contributed by atoms with E-state index >= 15 is 0 Å². The van der Waals surface area contributed by atoms with Crippen molar-refractivity contribution in [1.29, 1.82) is 0 Å². The maximum atomic E-state index is 10.7. The highest BCUT2D eigenvalue weighted by Crippen LogP contribution is 2.17. The van der Waals surface area contributed by atoms with Gasteiger partial charge in [-0.05, 0) is 17.7 Å². The first-order valence-electron chi connectivity index (χ1n) is 4.28. The van der Waals surface area contributed by atoms with Crippen molar-refractivity contribution in [2.45, 2.75) is 13.0 Å². The van der Waals surface area contributed by atoms with Crippen LogP contribution in [-0.4, -0.2) is 17.7 Å². The predicted octanol–water partition coefficient (Wildman–Crippen LogP) is 1.03. The van der Waals surface area contributed by atoms with Gasteiger partial charge in [-0.15, -0.1) is 12.4 Å². The molecule has 1 aromatic rings. The maximum absolute atomic E-state index is 10.7. The van der Waals surface area contributed by atoms with E-state index < -0.39 is 6.04 Å². The fourth-order valence-corrected chi connectivity index (χ4v) is 1.08. The first-order valence-corrected chi connectivity index (χ1v) is 4.28. The van der Waals surface area contributed by atoms with Crippen molar-refractivity contribution in [3.8, 4) is 5.75 Å². The van der Waals surface area contributed by atoms with E-state index in [1.165, 1.54) is 6.92 Å². The molecule has 0 saturated carbocycles. The van der Waals surface area contributed by atoms with Crippen LogP contribution in [0.15, 0.2) is 24.3 Å². The number of halogens is 1. The first-order chi connectivity index (χ1) is 6.63. The minimum atomic E-state index is -0.439. The molecule has 0 heterocycles. The molecule has 0 unspecified atom stereocenters. The molecule has 0 bridgehead atoms. The number of ether oxygens (including phenoxy) is 1. The van der Waals surface area contributed by atoms with Gasteiger partial charge in [0.15, 0.2) is 0 Å². The third kappa shape index (κ3) is 4.29. The molecule has 0 fully saturated rings. The van der Waals surface area contributed by atoms with Gasteiger partial charge in [-0.1, -0.05) is 12.1 Å².